The lowest BCUT2D eigenvalue weighted by Gasteiger charge is -2.00. The van der Waals surface area contributed by atoms with Crippen LogP contribution in [0.5, 0.6) is 0 Å². The quantitative estimate of drug-likeness (QED) is 0.938. The molecule has 0 saturated heterocycles. The zero-order chi connectivity index (χ0) is 13.1. The fourth-order valence-electron chi connectivity index (χ4n) is 1.27. The molecule has 2 aromatic rings. The van der Waals surface area contributed by atoms with Crippen LogP contribution in [0.25, 0.3) is 0 Å². The minimum Gasteiger partial charge on any atom is -0.344 e. The van der Waals surface area contributed by atoms with Gasteiger partial charge in [-0.15, -0.1) is 11.3 Å². The average Bonchev–Trinajstić information content (AvgIpc) is 2.94. The molecule has 5 nitrogen and oxygen atoms in total. The van der Waals surface area contributed by atoms with Gasteiger partial charge in [0, 0.05) is 5.92 Å². The Kier molecular flexibility index (Phi) is 3.98. The molecular weight excluding hydrogens is 274 g/mol. The molecule has 0 unspecified atom stereocenters. The van der Waals surface area contributed by atoms with Crippen LogP contribution in [0.2, 0.25) is 5.02 Å². The zero-order valence-electron chi connectivity index (χ0n) is 9.94. The smallest absolute Gasteiger partial charge is 0.263 e. The van der Waals surface area contributed by atoms with Crippen molar-refractivity contribution in [3.8, 4) is 0 Å². The normalized spacial score (nSPS) is 10.9. The standard InChI is InChI=1S/C11H12ClN3O2S/c1-6(2)11-14-8(15-17-11)5-13-10(16)9-7(12)3-4-18-9/h3-4,6H,5H2,1-2H3,(H,13,16). The molecule has 7 heteroatoms. The number of thiophene rings is 1. The summed E-state index contributed by atoms with van der Waals surface area (Å²) >= 11 is 7.16. The minimum atomic E-state index is -0.231. The molecule has 0 saturated carbocycles. The van der Waals surface area contributed by atoms with Gasteiger partial charge in [-0.3, -0.25) is 4.79 Å². The third kappa shape index (κ3) is 2.88. The Hall–Kier alpha value is -1.40. The van der Waals surface area contributed by atoms with Gasteiger partial charge in [0.1, 0.15) is 4.88 Å². The predicted octanol–water partition coefficient (Wildman–Crippen LogP) is 2.84. The van der Waals surface area contributed by atoms with Crippen LogP contribution in [0.1, 0.15) is 41.2 Å². The Balaban J connectivity index is 1.95. The van der Waals surface area contributed by atoms with Gasteiger partial charge in [-0.25, -0.2) is 0 Å². The van der Waals surface area contributed by atoms with Crippen molar-refractivity contribution in [2.24, 2.45) is 0 Å². The Labute approximate surface area is 113 Å². The molecule has 0 spiro atoms. The Morgan fingerprint density at radius 1 is 1.61 bits per heavy atom. The molecular formula is C11H12ClN3O2S. The lowest BCUT2D eigenvalue weighted by atomic mass is 10.2. The van der Waals surface area contributed by atoms with Crippen LogP contribution in [0.15, 0.2) is 16.0 Å². The highest BCUT2D eigenvalue weighted by molar-refractivity contribution is 7.12. The van der Waals surface area contributed by atoms with E-state index in [0.29, 0.717) is 21.6 Å². The van der Waals surface area contributed by atoms with Crippen LogP contribution in [-0.2, 0) is 6.54 Å². The summed E-state index contributed by atoms with van der Waals surface area (Å²) in [5.41, 5.74) is 0. The second-order valence-electron chi connectivity index (χ2n) is 3.98. The number of halogens is 1. The largest absolute Gasteiger partial charge is 0.344 e. The maximum absolute atomic E-state index is 11.8. The molecule has 2 rings (SSSR count). The first kappa shape index (κ1) is 13.0. The van der Waals surface area contributed by atoms with E-state index >= 15 is 0 Å². The molecule has 0 aliphatic heterocycles. The molecule has 96 valence electrons. The van der Waals surface area contributed by atoms with Crippen molar-refractivity contribution in [2.75, 3.05) is 0 Å². The van der Waals surface area contributed by atoms with Gasteiger partial charge in [-0.05, 0) is 11.4 Å². The zero-order valence-corrected chi connectivity index (χ0v) is 11.5. The van der Waals surface area contributed by atoms with E-state index in [9.17, 15) is 4.79 Å². The molecule has 2 heterocycles. The van der Waals surface area contributed by atoms with Crippen molar-refractivity contribution < 1.29 is 9.32 Å². The van der Waals surface area contributed by atoms with Crippen molar-refractivity contribution in [3.63, 3.8) is 0 Å². The number of nitrogens with one attached hydrogen (secondary N) is 1. The molecule has 18 heavy (non-hydrogen) atoms. The molecule has 0 atom stereocenters. The van der Waals surface area contributed by atoms with Crippen LogP contribution in [0.3, 0.4) is 0 Å². The van der Waals surface area contributed by atoms with E-state index in [1.807, 2.05) is 13.8 Å². The van der Waals surface area contributed by atoms with Gasteiger partial charge in [-0.2, -0.15) is 4.98 Å². The number of aromatic nitrogens is 2. The van der Waals surface area contributed by atoms with Gasteiger partial charge in [0.15, 0.2) is 5.82 Å². The minimum absolute atomic E-state index is 0.175. The van der Waals surface area contributed by atoms with E-state index in [0.717, 1.165) is 0 Å². The van der Waals surface area contributed by atoms with Gasteiger partial charge >= 0.3 is 0 Å². The van der Waals surface area contributed by atoms with E-state index in [4.69, 9.17) is 16.1 Å². The first-order valence-corrected chi connectivity index (χ1v) is 6.67. The second kappa shape index (κ2) is 5.49. The number of hydrogen-bond donors (Lipinski definition) is 1. The van der Waals surface area contributed by atoms with Crippen molar-refractivity contribution in [1.29, 1.82) is 0 Å². The first-order chi connectivity index (χ1) is 8.58. The number of carbonyl (C=O) groups is 1. The Morgan fingerprint density at radius 3 is 2.94 bits per heavy atom. The van der Waals surface area contributed by atoms with Crippen LogP contribution in [0, 0.1) is 0 Å². The van der Waals surface area contributed by atoms with Crippen molar-refractivity contribution in [2.45, 2.75) is 26.3 Å². The maximum Gasteiger partial charge on any atom is 0.263 e. The molecule has 0 aliphatic carbocycles. The highest BCUT2D eigenvalue weighted by Crippen LogP contribution is 2.21. The average molecular weight is 286 g/mol. The van der Waals surface area contributed by atoms with Crippen molar-refractivity contribution in [1.82, 2.24) is 15.5 Å². The molecule has 0 aromatic carbocycles. The molecule has 0 bridgehead atoms. The molecule has 1 amide bonds. The molecule has 0 radical (unpaired) electrons. The topological polar surface area (TPSA) is 68.0 Å². The monoisotopic (exact) mass is 285 g/mol. The molecule has 2 aromatic heterocycles. The van der Waals surface area contributed by atoms with Crippen LogP contribution in [-0.4, -0.2) is 16.0 Å². The van der Waals surface area contributed by atoms with Crippen LogP contribution >= 0.6 is 22.9 Å². The first-order valence-electron chi connectivity index (χ1n) is 5.41. The Morgan fingerprint density at radius 2 is 2.39 bits per heavy atom. The number of rotatable bonds is 4. The lowest BCUT2D eigenvalue weighted by Crippen LogP contribution is -2.22. The number of carbonyl (C=O) groups excluding carboxylic acids is 1. The van der Waals surface area contributed by atoms with Gasteiger partial charge < -0.3 is 9.84 Å². The second-order valence-corrected chi connectivity index (χ2v) is 5.31. The maximum atomic E-state index is 11.8. The van der Waals surface area contributed by atoms with E-state index in [1.165, 1.54) is 11.3 Å². The summed E-state index contributed by atoms with van der Waals surface area (Å²) in [6.45, 7) is 4.14. The summed E-state index contributed by atoms with van der Waals surface area (Å²) in [5, 5.41) is 8.70. The van der Waals surface area contributed by atoms with E-state index < -0.39 is 0 Å². The van der Waals surface area contributed by atoms with Gasteiger partial charge in [0.25, 0.3) is 5.91 Å². The summed E-state index contributed by atoms with van der Waals surface area (Å²) in [5.74, 6) is 0.965. The third-order valence-corrected chi connectivity index (χ3v) is 3.55. The van der Waals surface area contributed by atoms with Gasteiger partial charge in [0.05, 0.1) is 11.6 Å². The molecule has 0 aliphatic rings. The molecule has 1 N–H and O–H groups in total. The van der Waals surface area contributed by atoms with Crippen molar-refractivity contribution in [3.05, 3.63) is 33.1 Å². The van der Waals surface area contributed by atoms with Crippen molar-refractivity contribution >= 4 is 28.8 Å². The summed E-state index contributed by atoms with van der Waals surface area (Å²) in [4.78, 5) is 16.4. The number of hydrogen-bond acceptors (Lipinski definition) is 5. The van der Waals surface area contributed by atoms with Gasteiger partial charge in [-0.1, -0.05) is 30.6 Å². The highest BCUT2D eigenvalue weighted by atomic mass is 35.5. The summed E-state index contributed by atoms with van der Waals surface area (Å²) in [6.07, 6.45) is 0. The summed E-state index contributed by atoms with van der Waals surface area (Å²) in [7, 11) is 0. The SMILES string of the molecule is CC(C)c1nc(CNC(=O)c2sccc2Cl)no1. The fraction of sp³-hybridized carbons (Fsp3) is 0.364. The van der Waals surface area contributed by atoms with E-state index in [1.54, 1.807) is 11.4 Å². The fourth-order valence-corrected chi connectivity index (χ4v) is 2.33. The molecule has 0 fully saturated rings. The van der Waals surface area contributed by atoms with E-state index in [2.05, 4.69) is 15.5 Å². The lowest BCUT2D eigenvalue weighted by molar-refractivity contribution is 0.0954. The van der Waals surface area contributed by atoms with Crippen LogP contribution in [0.4, 0.5) is 0 Å². The number of nitrogens with zero attached hydrogens (tertiary/aromatic N) is 2. The van der Waals surface area contributed by atoms with Gasteiger partial charge in [0.2, 0.25) is 5.89 Å². The third-order valence-electron chi connectivity index (χ3n) is 2.21. The van der Waals surface area contributed by atoms with E-state index in [-0.39, 0.29) is 18.4 Å². The van der Waals surface area contributed by atoms with Crippen LogP contribution < -0.4 is 5.32 Å². The number of amides is 1. The Bertz CT molecular complexity index is 550. The highest BCUT2D eigenvalue weighted by Gasteiger charge is 2.14. The predicted molar refractivity (Wildman–Crippen MR) is 68.9 cm³/mol. The summed E-state index contributed by atoms with van der Waals surface area (Å²) < 4.78 is 5.04. The summed E-state index contributed by atoms with van der Waals surface area (Å²) in [6, 6.07) is 1.69.